The van der Waals surface area contributed by atoms with E-state index in [-0.39, 0.29) is 23.2 Å². The Morgan fingerprint density at radius 1 is 1.19 bits per heavy atom. The van der Waals surface area contributed by atoms with Crippen molar-refractivity contribution in [3.05, 3.63) is 53.6 Å². The average molecular weight is 289 g/mol. The first-order valence-corrected chi connectivity index (χ1v) is 6.51. The van der Waals surface area contributed by atoms with Gasteiger partial charge in [-0.05, 0) is 38.1 Å². The summed E-state index contributed by atoms with van der Waals surface area (Å²) in [5.74, 6) is -0.296. The van der Waals surface area contributed by atoms with Crippen LogP contribution in [0.15, 0.2) is 36.7 Å². The summed E-state index contributed by atoms with van der Waals surface area (Å²) in [6.07, 6.45) is 2.94. The molecular weight excluding hydrogens is 273 g/mol. The van der Waals surface area contributed by atoms with Crippen LogP contribution >= 0.6 is 0 Å². The molecule has 0 aliphatic carbocycles. The van der Waals surface area contributed by atoms with E-state index in [4.69, 9.17) is 9.47 Å². The van der Waals surface area contributed by atoms with E-state index < -0.39 is 5.82 Å². The lowest BCUT2D eigenvalue weighted by Crippen LogP contribution is -2.08. The first-order valence-electron chi connectivity index (χ1n) is 6.51. The molecule has 0 N–H and O–H groups in total. The first-order chi connectivity index (χ1) is 10.0. The van der Waals surface area contributed by atoms with Crippen molar-refractivity contribution in [2.75, 3.05) is 7.11 Å². The monoisotopic (exact) mass is 289 g/mol. The maximum Gasteiger partial charge on any atom is 0.194 e. The maximum atomic E-state index is 13.7. The van der Waals surface area contributed by atoms with Gasteiger partial charge in [-0.2, -0.15) is 0 Å². The molecule has 0 radical (unpaired) electrons. The third-order valence-corrected chi connectivity index (χ3v) is 2.76. The molecule has 2 rings (SSSR count). The zero-order valence-electron chi connectivity index (χ0n) is 12.1. The van der Waals surface area contributed by atoms with Crippen LogP contribution in [0.1, 0.15) is 29.8 Å². The van der Waals surface area contributed by atoms with E-state index in [1.54, 1.807) is 6.07 Å². The second-order valence-corrected chi connectivity index (χ2v) is 4.75. The van der Waals surface area contributed by atoms with Crippen LogP contribution in [0, 0.1) is 5.82 Å². The number of rotatable bonds is 5. The highest BCUT2D eigenvalue weighted by atomic mass is 19.1. The molecule has 1 heterocycles. The number of nitrogens with zero attached hydrogens (tertiary/aromatic N) is 1. The van der Waals surface area contributed by atoms with Crippen LogP contribution in [0.5, 0.6) is 11.5 Å². The van der Waals surface area contributed by atoms with Crippen molar-refractivity contribution >= 4 is 5.78 Å². The van der Waals surface area contributed by atoms with Gasteiger partial charge in [0.15, 0.2) is 17.3 Å². The lowest BCUT2D eigenvalue weighted by atomic mass is 10.0. The first kappa shape index (κ1) is 15.0. The minimum absolute atomic E-state index is 0.0180. The van der Waals surface area contributed by atoms with Crippen LogP contribution in [0.2, 0.25) is 0 Å². The fourth-order valence-corrected chi connectivity index (χ4v) is 1.85. The number of aromatic nitrogens is 1. The topological polar surface area (TPSA) is 48.4 Å². The predicted octanol–water partition coefficient (Wildman–Crippen LogP) is 3.25. The quantitative estimate of drug-likeness (QED) is 0.793. The van der Waals surface area contributed by atoms with E-state index in [1.165, 1.54) is 31.6 Å². The summed E-state index contributed by atoms with van der Waals surface area (Å²) in [5.41, 5.74) is 0.578. The van der Waals surface area contributed by atoms with Gasteiger partial charge in [0, 0.05) is 17.3 Å². The highest BCUT2D eigenvalue weighted by Crippen LogP contribution is 2.21. The molecule has 1 aromatic heterocycles. The minimum atomic E-state index is -0.578. The molecule has 2 aromatic rings. The summed E-state index contributed by atoms with van der Waals surface area (Å²) in [6.45, 7) is 3.76. The fraction of sp³-hybridized carbons (Fsp3) is 0.250. The van der Waals surface area contributed by atoms with Gasteiger partial charge in [0.1, 0.15) is 5.75 Å². The molecule has 1 aromatic carbocycles. The van der Waals surface area contributed by atoms with Gasteiger partial charge in [-0.1, -0.05) is 0 Å². The van der Waals surface area contributed by atoms with Crippen molar-refractivity contribution in [1.82, 2.24) is 4.98 Å². The standard InChI is InChI=1S/C16H16FNO3/c1-10(2)21-13-6-12(8-18-9-13)16(19)11-4-5-15(20-3)14(17)7-11/h4-10H,1-3H3. The zero-order chi connectivity index (χ0) is 15.4. The molecule has 0 saturated heterocycles. The Labute approximate surface area is 122 Å². The summed E-state index contributed by atoms with van der Waals surface area (Å²) in [5, 5.41) is 0. The van der Waals surface area contributed by atoms with Crippen molar-refractivity contribution in [2.24, 2.45) is 0 Å². The van der Waals surface area contributed by atoms with Gasteiger partial charge >= 0.3 is 0 Å². The van der Waals surface area contributed by atoms with Gasteiger partial charge < -0.3 is 9.47 Å². The van der Waals surface area contributed by atoms with Gasteiger partial charge in [-0.3, -0.25) is 9.78 Å². The summed E-state index contributed by atoms with van der Waals surface area (Å²) < 4.78 is 24.0. The zero-order valence-corrected chi connectivity index (χ0v) is 12.1. The maximum absolute atomic E-state index is 13.7. The van der Waals surface area contributed by atoms with E-state index in [9.17, 15) is 9.18 Å². The van der Waals surface area contributed by atoms with Crippen LogP contribution in [-0.2, 0) is 0 Å². The Hall–Kier alpha value is -2.43. The number of pyridine rings is 1. The lowest BCUT2D eigenvalue weighted by Gasteiger charge is -2.10. The molecule has 0 unspecified atom stereocenters. The van der Waals surface area contributed by atoms with Gasteiger partial charge in [0.05, 0.1) is 19.4 Å². The van der Waals surface area contributed by atoms with Crippen molar-refractivity contribution in [2.45, 2.75) is 20.0 Å². The van der Waals surface area contributed by atoms with Crippen molar-refractivity contribution in [1.29, 1.82) is 0 Å². The molecule has 110 valence electrons. The summed E-state index contributed by atoms with van der Waals surface area (Å²) >= 11 is 0. The molecule has 21 heavy (non-hydrogen) atoms. The van der Waals surface area contributed by atoms with Crippen LogP contribution < -0.4 is 9.47 Å². The van der Waals surface area contributed by atoms with Crippen molar-refractivity contribution in [3.8, 4) is 11.5 Å². The van der Waals surface area contributed by atoms with Gasteiger partial charge in [0.2, 0.25) is 0 Å². The molecule has 0 bridgehead atoms. The Balaban J connectivity index is 2.29. The van der Waals surface area contributed by atoms with E-state index in [2.05, 4.69) is 4.98 Å². The smallest absolute Gasteiger partial charge is 0.194 e. The number of benzene rings is 1. The second-order valence-electron chi connectivity index (χ2n) is 4.75. The number of hydrogen-bond acceptors (Lipinski definition) is 4. The minimum Gasteiger partial charge on any atom is -0.494 e. The Kier molecular flexibility index (Phi) is 4.52. The predicted molar refractivity (Wildman–Crippen MR) is 76.4 cm³/mol. The third kappa shape index (κ3) is 3.56. The number of carbonyl (C=O) groups excluding carboxylic acids is 1. The number of carbonyl (C=O) groups is 1. The van der Waals surface area contributed by atoms with Crippen LogP contribution in [0.4, 0.5) is 4.39 Å². The molecule has 5 heteroatoms. The van der Waals surface area contributed by atoms with Crippen LogP contribution in [-0.4, -0.2) is 24.0 Å². The Morgan fingerprint density at radius 3 is 2.57 bits per heavy atom. The van der Waals surface area contributed by atoms with Crippen molar-refractivity contribution in [3.63, 3.8) is 0 Å². The number of ether oxygens (including phenoxy) is 2. The van der Waals surface area contributed by atoms with Gasteiger partial charge in [-0.25, -0.2) is 4.39 Å². The number of hydrogen-bond donors (Lipinski definition) is 0. The Bertz CT molecular complexity index is 656. The molecule has 0 aliphatic heterocycles. The Morgan fingerprint density at radius 2 is 1.95 bits per heavy atom. The lowest BCUT2D eigenvalue weighted by molar-refractivity contribution is 0.103. The van der Waals surface area contributed by atoms with Crippen LogP contribution in [0.3, 0.4) is 0 Å². The van der Waals surface area contributed by atoms with Crippen LogP contribution in [0.25, 0.3) is 0 Å². The fourth-order valence-electron chi connectivity index (χ4n) is 1.85. The van der Waals surface area contributed by atoms with E-state index in [1.807, 2.05) is 13.8 Å². The molecule has 0 amide bonds. The molecule has 0 aliphatic rings. The number of methoxy groups -OCH3 is 1. The van der Waals surface area contributed by atoms with E-state index in [0.717, 1.165) is 6.07 Å². The molecule has 0 spiro atoms. The third-order valence-electron chi connectivity index (χ3n) is 2.76. The number of ketones is 1. The molecule has 4 nitrogen and oxygen atoms in total. The summed E-state index contributed by atoms with van der Waals surface area (Å²) in [6, 6.07) is 5.68. The highest BCUT2D eigenvalue weighted by Gasteiger charge is 2.13. The largest absolute Gasteiger partial charge is 0.494 e. The van der Waals surface area contributed by atoms with E-state index in [0.29, 0.717) is 11.3 Å². The van der Waals surface area contributed by atoms with E-state index >= 15 is 0 Å². The molecule has 0 fully saturated rings. The molecule has 0 saturated carbocycles. The van der Waals surface area contributed by atoms with Gasteiger partial charge in [0.25, 0.3) is 0 Å². The van der Waals surface area contributed by atoms with Crippen molar-refractivity contribution < 1.29 is 18.7 Å². The highest BCUT2D eigenvalue weighted by molar-refractivity contribution is 6.09. The summed E-state index contributed by atoms with van der Waals surface area (Å²) in [7, 11) is 1.37. The SMILES string of the molecule is COc1ccc(C(=O)c2cncc(OC(C)C)c2)cc1F. The normalized spacial score (nSPS) is 10.5. The molecule has 0 atom stereocenters. The molecular formula is C16H16FNO3. The second kappa shape index (κ2) is 6.35. The average Bonchev–Trinajstić information content (AvgIpc) is 2.46. The summed E-state index contributed by atoms with van der Waals surface area (Å²) in [4.78, 5) is 16.3. The van der Waals surface area contributed by atoms with Gasteiger partial charge in [-0.15, -0.1) is 0 Å². The number of halogens is 1.